The highest BCUT2D eigenvalue weighted by Crippen LogP contribution is 2.27. The normalized spacial score (nSPS) is 10.5. The van der Waals surface area contributed by atoms with E-state index in [1.165, 1.54) is 34.7 Å². The number of carbonyl (C=O) groups is 1. The summed E-state index contributed by atoms with van der Waals surface area (Å²) in [5, 5.41) is 0. The molecule has 128 valence electrons. The maximum atomic E-state index is 11.1. The molecule has 0 aromatic heterocycles. The molecule has 0 radical (unpaired) electrons. The first-order chi connectivity index (χ1) is 11.4. The van der Waals surface area contributed by atoms with E-state index in [-0.39, 0.29) is 5.97 Å². The third-order valence-corrected chi connectivity index (χ3v) is 4.63. The minimum Gasteiger partial charge on any atom is -0.461 e. The van der Waals surface area contributed by atoms with E-state index in [0.717, 1.165) is 17.8 Å². The summed E-state index contributed by atoms with van der Waals surface area (Å²) in [6.45, 7) is 10.9. The highest BCUT2D eigenvalue weighted by molar-refractivity contribution is 5.66. The number of carbonyl (C=O) groups excluding carboxylic acids is 1. The van der Waals surface area contributed by atoms with Crippen molar-refractivity contribution in [2.75, 3.05) is 5.43 Å². The van der Waals surface area contributed by atoms with Gasteiger partial charge >= 0.3 is 5.97 Å². The van der Waals surface area contributed by atoms with Gasteiger partial charge in [0, 0.05) is 19.2 Å². The molecule has 0 saturated carbocycles. The van der Waals surface area contributed by atoms with Crippen LogP contribution in [0.15, 0.2) is 30.3 Å². The fraction of sp³-hybridized carbons (Fsp3) is 0.350. The molecule has 0 unspecified atom stereocenters. The largest absolute Gasteiger partial charge is 0.461 e. The molecule has 4 heteroatoms. The maximum Gasteiger partial charge on any atom is 0.302 e. The van der Waals surface area contributed by atoms with Crippen molar-refractivity contribution in [3.05, 3.63) is 63.7 Å². The van der Waals surface area contributed by atoms with Gasteiger partial charge in [-0.2, -0.15) is 0 Å². The average Bonchev–Trinajstić information content (AvgIpc) is 2.57. The van der Waals surface area contributed by atoms with Gasteiger partial charge in [-0.3, -0.25) is 4.79 Å². The van der Waals surface area contributed by atoms with Crippen molar-refractivity contribution in [2.45, 2.75) is 47.8 Å². The monoisotopic (exact) mass is 326 g/mol. The minimum absolute atomic E-state index is 0.248. The van der Waals surface area contributed by atoms with Gasteiger partial charge in [-0.05, 0) is 73.2 Å². The van der Waals surface area contributed by atoms with E-state index in [1.807, 2.05) is 30.3 Å². The van der Waals surface area contributed by atoms with Gasteiger partial charge in [0.2, 0.25) is 0 Å². The number of rotatable bonds is 6. The number of ether oxygens (including phenoxy) is 1. The number of hydrogen-bond donors (Lipinski definition) is 2. The van der Waals surface area contributed by atoms with Crippen LogP contribution in [0, 0.1) is 27.7 Å². The third-order valence-electron chi connectivity index (χ3n) is 4.63. The van der Waals surface area contributed by atoms with Gasteiger partial charge in [0.1, 0.15) is 6.61 Å². The number of para-hydroxylation sites is 1. The summed E-state index contributed by atoms with van der Waals surface area (Å²) < 4.78 is 5.21. The van der Waals surface area contributed by atoms with Gasteiger partial charge in [-0.1, -0.05) is 18.2 Å². The fourth-order valence-corrected chi connectivity index (χ4v) is 2.88. The standard InChI is InChI=1S/C20H26N2O2/c1-13-15(3)20(12-24-17(5)23)16(4)14(2)19(13)11-21-22-18-9-7-6-8-10-18/h6-10,21-22H,11-12H2,1-5H3. The second kappa shape index (κ2) is 7.97. The summed E-state index contributed by atoms with van der Waals surface area (Å²) in [6, 6.07) is 10.0. The molecule has 0 saturated heterocycles. The Labute approximate surface area is 144 Å². The molecule has 0 aliphatic rings. The lowest BCUT2D eigenvalue weighted by atomic mass is 9.89. The van der Waals surface area contributed by atoms with E-state index in [1.54, 1.807) is 0 Å². The molecule has 2 N–H and O–H groups in total. The lowest BCUT2D eigenvalue weighted by Gasteiger charge is -2.21. The average molecular weight is 326 g/mol. The Kier molecular flexibility index (Phi) is 5.99. The van der Waals surface area contributed by atoms with Crippen molar-refractivity contribution < 1.29 is 9.53 Å². The first-order valence-corrected chi connectivity index (χ1v) is 8.17. The topological polar surface area (TPSA) is 50.4 Å². The molecule has 0 aliphatic carbocycles. The summed E-state index contributed by atoms with van der Waals surface area (Å²) >= 11 is 0. The lowest BCUT2D eigenvalue weighted by Crippen LogP contribution is -2.23. The number of hydrogen-bond acceptors (Lipinski definition) is 4. The van der Waals surface area contributed by atoms with Gasteiger partial charge in [0.05, 0.1) is 0 Å². The summed E-state index contributed by atoms with van der Waals surface area (Å²) in [6.07, 6.45) is 0. The zero-order valence-electron chi connectivity index (χ0n) is 15.1. The van der Waals surface area contributed by atoms with E-state index in [4.69, 9.17) is 4.74 Å². The highest BCUT2D eigenvalue weighted by Gasteiger charge is 2.15. The van der Waals surface area contributed by atoms with E-state index >= 15 is 0 Å². The molecule has 2 aromatic carbocycles. The smallest absolute Gasteiger partial charge is 0.302 e. The summed E-state index contributed by atoms with van der Waals surface area (Å²) in [4.78, 5) is 11.1. The van der Waals surface area contributed by atoms with Crippen molar-refractivity contribution >= 4 is 11.7 Å². The van der Waals surface area contributed by atoms with Crippen LogP contribution < -0.4 is 10.9 Å². The molecule has 0 bridgehead atoms. The van der Waals surface area contributed by atoms with Crippen molar-refractivity contribution in [2.24, 2.45) is 0 Å². The quantitative estimate of drug-likeness (QED) is 0.620. The fourth-order valence-electron chi connectivity index (χ4n) is 2.88. The SMILES string of the molecule is CC(=O)OCc1c(C)c(C)c(CNNc2ccccc2)c(C)c1C. The molecular formula is C20H26N2O2. The Morgan fingerprint density at radius 2 is 1.46 bits per heavy atom. The Morgan fingerprint density at radius 1 is 0.917 bits per heavy atom. The van der Waals surface area contributed by atoms with Crippen LogP contribution in [-0.2, 0) is 22.7 Å². The van der Waals surface area contributed by atoms with E-state index in [2.05, 4.69) is 38.5 Å². The number of nitrogens with one attached hydrogen (secondary N) is 2. The molecule has 24 heavy (non-hydrogen) atoms. The Hall–Kier alpha value is -2.33. The Morgan fingerprint density at radius 3 is 2.00 bits per heavy atom. The van der Waals surface area contributed by atoms with Gasteiger partial charge in [-0.25, -0.2) is 5.43 Å². The molecule has 0 amide bonds. The Bertz CT molecular complexity index is 695. The van der Waals surface area contributed by atoms with Crippen LogP contribution in [0.1, 0.15) is 40.3 Å². The van der Waals surface area contributed by atoms with Gasteiger partial charge in [-0.15, -0.1) is 0 Å². The molecule has 0 spiro atoms. The molecule has 2 rings (SSSR count). The van der Waals surface area contributed by atoms with Crippen molar-refractivity contribution in [1.82, 2.24) is 5.43 Å². The molecule has 2 aromatic rings. The zero-order chi connectivity index (χ0) is 17.7. The predicted molar refractivity (Wildman–Crippen MR) is 97.8 cm³/mol. The summed E-state index contributed by atoms with van der Waals surface area (Å²) in [5.41, 5.74) is 14.8. The van der Waals surface area contributed by atoms with Gasteiger partial charge in [0.15, 0.2) is 0 Å². The van der Waals surface area contributed by atoms with Gasteiger partial charge < -0.3 is 10.2 Å². The maximum absolute atomic E-state index is 11.1. The molecule has 0 atom stereocenters. The first-order valence-electron chi connectivity index (χ1n) is 8.17. The molecule has 0 heterocycles. The number of esters is 1. The highest BCUT2D eigenvalue weighted by atomic mass is 16.5. The second-order valence-corrected chi connectivity index (χ2v) is 6.08. The van der Waals surface area contributed by atoms with E-state index in [9.17, 15) is 4.79 Å². The number of hydrazine groups is 1. The van der Waals surface area contributed by atoms with E-state index < -0.39 is 0 Å². The molecule has 0 aliphatic heterocycles. The lowest BCUT2D eigenvalue weighted by molar-refractivity contribution is -0.142. The van der Waals surface area contributed by atoms with Crippen LogP contribution in [0.3, 0.4) is 0 Å². The van der Waals surface area contributed by atoms with Crippen molar-refractivity contribution in [3.8, 4) is 0 Å². The summed E-state index contributed by atoms with van der Waals surface area (Å²) in [7, 11) is 0. The van der Waals surface area contributed by atoms with Crippen LogP contribution in [0.2, 0.25) is 0 Å². The number of benzene rings is 2. The van der Waals surface area contributed by atoms with Crippen LogP contribution in [0.5, 0.6) is 0 Å². The first kappa shape index (κ1) is 18.0. The van der Waals surface area contributed by atoms with Crippen LogP contribution in [0.25, 0.3) is 0 Å². The minimum atomic E-state index is -0.248. The summed E-state index contributed by atoms with van der Waals surface area (Å²) in [5.74, 6) is -0.248. The predicted octanol–water partition coefficient (Wildman–Crippen LogP) is 4.10. The third kappa shape index (κ3) is 4.15. The Balaban J connectivity index is 2.17. The van der Waals surface area contributed by atoms with Crippen LogP contribution >= 0.6 is 0 Å². The van der Waals surface area contributed by atoms with Crippen LogP contribution in [-0.4, -0.2) is 5.97 Å². The van der Waals surface area contributed by atoms with Crippen LogP contribution in [0.4, 0.5) is 5.69 Å². The van der Waals surface area contributed by atoms with Crippen molar-refractivity contribution in [3.63, 3.8) is 0 Å². The van der Waals surface area contributed by atoms with Crippen molar-refractivity contribution in [1.29, 1.82) is 0 Å². The molecular weight excluding hydrogens is 300 g/mol. The molecule has 4 nitrogen and oxygen atoms in total. The zero-order valence-corrected chi connectivity index (χ0v) is 15.1. The molecule has 0 fully saturated rings. The second-order valence-electron chi connectivity index (χ2n) is 6.08. The number of anilines is 1. The van der Waals surface area contributed by atoms with E-state index in [0.29, 0.717) is 6.61 Å². The van der Waals surface area contributed by atoms with Gasteiger partial charge in [0.25, 0.3) is 0 Å².